The van der Waals surface area contributed by atoms with Crippen LogP contribution in [0.3, 0.4) is 0 Å². The van der Waals surface area contributed by atoms with E-state index >= 15 is 0 Å². The minimum atomic E-state index is -1.35. The van der Waals surface area contributed by atoms with Crippen molar-refractivity contribution < 1.29 is 23.5 Å². The van der Waals surface area contributed by atoms with Crippen molar-refractivity contribution in [2.75, 3.05) is 0 Å². The normalized spacial score (nSPS) is 13.6. The highest BCUT2D eigenvalue weighted by Gasteiger charge is 2.32. The molecule has 0 fully saturated rings. The molecule has 1 aromatic rings. The molecule has 0 aliphatic carbocycles. The van der Waals surface area contributed by atoms with Crippen molar-refractivity contribution >= 4 is 11.9 Å². The first-order chi connectivity index (χ1) is 9.30. The summed E-state index contributed by atoms with van der Waals surface area (Å²) in [5.74, 6) is -3.59. The van der Waals surface area contributed by atoms with Crippen molar-refractivity contribution in [2.45, 2.75) is 38.6 Å². The Kier molecular flexibility index (Phi) is 5.19. The molecule has 0 spiro atoms. The van der Waals surface area contributed by atoms with E-state index in [1.54, 1.807) is 6.92 Å². The smallest absolute Gasteiger partial charge is 0.329 e. The Morgan fingerprint density at radius 2 is 2.00 bits per heavy atom. The van der Waals surface area contributed by atoms with Gasteiger partial charge in [0.1, 0.15) is 5.54 Å². The SMILES string of the molecule is CCC(C)(NC(=O)CCc1cccc(F)c1F)C(=O)O. The largest absolute Gasteiger partial charge is 0.480 e. The van der Waals surface area contributed by atoms with Gasteiger partial charge in [0.25, 0.3) is 0 Å². The summed E-state index contributed by atoms with van der Waals surface area (Å²) in [5.41, 5.74) is -1.26. The molecule has 1 atom stereocenters. The molecular weight excluding hydrogens is 268 g/mol. The van der Waals surface area contributed by atoms with Crippen LogP contribution in [0.2, 0.25) is 0 Å². The maximum absolute atomic E-state index is 13.4. The first kappa shape index (κ1) is 16.1. The molecule has 0 aliphatic heterocycles. The number of carbonyl (C=O) groups is 2. The van der Waals surface area contributed by atoms with Crippen molar-refractivity contribution in [1.29, 1.82) is 0 Å². The summed E-state index contributed by atoms with van der Waals surface area (Å²) in [6.07, 6.45) is 0.125. The van der Waals surface area contributed by atoms with Crippen LogP contribution in [0.25, 0.3) is 0 Å². The van der Waals surface area contributed by atoms with Crippen molar-refractivity contribution in [3.05, 3.63) is 35.4 Å². The number of hydrogen-bond acceptors (Lipinski definition) is 2. The number of hydrogen-bond donors (Lipinski definition) is 2. The monoisotopic (exact) mass is 285 g/mol. The van der Waals surface area contributed by atoms with Crippen LogP contribution in [0.4, 0.5) is 8.78 Å². The van der Waals surface area contributed by atoms with E-state index in [1.165, 1.54) is 19.1 Å². The third-order valence-electron chi connectivity index (χ3n) is 3.25. The van der Waals surface area contributed by atoms with Crippen molar-refractivity contribution in [3.63, 3.8) is 0 Å². The van der Waals surface area contributed by atoms with Crippen LogP contribution < -0.4 is 5.32 Å². The molecule has 0 saturated carbocycles. The molecular formula is C14H17F2NO3. The second kappa shape index (κ2) is 6.45. The molecule has 0 bridgehead atoms. The van der Waals surface area contributed by atoms with Gasteiger partial charge in [-0.25, -0.2) is 13.6 Å². The minimum absolute atomic E-state index is 0.00877. The van der Waals surface area contributed by atoms with Crippen molar-refractivity contribution in [2.24, 2.45) is 0 Å². The molecule has 20 heavy (non-hydrogen) atoms. The van der Waals surface area contributed by atoms with E-state index in [1.807, 2.05) is 0 Å². The van der Waals surface area contributed by atoms with Gasteiger partial charge < -0.3 is 10.4 Å². The highest BCUT2D eigenvalue weighted by atomic mass is 19.2. The summed E-state index contributed by atoms with van der Waals surface area (Å²) in [4.78, 5) is 22.7. The van der Waals surface area contributed by atoms with E-state index in [-0.39, 0.29) is 24.8 Å². The number of aliphatic carboxylic acids is 1. The predicted molar refractivity (Wildman–Crippen MR) is 69.2 cm³/mol. The number of carboxylic acid groups (broad SMARTS) is 1. The Hall–Kier alpha value is -1.98. The Bertz CT molecular complexity index is 519. The topological polar surface area (TPSA) is 66.4 Å². The Morgan fingerprint density at radius 3 is 2.55 bits per heavy atom. The molecule has 0 aliphatic rings. The van der Waals surface area contributed by atoms with Gasteiger partial charge in [0.15, 0.2) is 11.6 Å². The molecule has 1 rings (SSSR count). The fourth-order valence-corrected chi connectivity index (χ4v) is 1.65. The highest BCUT2D eigenvalue weighted by molar-refractivity contribution is 5.86. The molecule has 1 unspecified atom stereocenters. The Balaban J connectivity index is 2.64. The highest BCUT2D eigenvalue weighted by Crippen LogP contribution is 2.14. The first-order valence-electron chi connectivity index (χ1n) is 6.27. The minimum Gasteiger partial charge on any atom is -0.480 e. The number of amides is 1. The molecule has 1 amide bonds. The molecule has 4 nitrogen and oxygen atoms in total. The van der Waals surface area contributed by atoms with Crippen LogP contribution in [-0.2, 0) is 16.0 Å². The summed E-state index contributed by atoms with van der Waals surface area (Å²) < 4.78 is 26.4. The van der Waals surface area contributed by atoms with Gasteiger partial charge in [0, 0.05) is 6.42 Å². The lowest BCUT2D eigenvalue weighted by atomic mass is 9.98. The zero-order chi connectivity index (χ0) is 15.3. The summed E-state index contributed by atoms with van der Waals surface area (Å²) >= 11 is 0. The van der Waals surface area contributed by atoms with Gasteiger partial charge in [-0.15, -0.1) is 0 Å². The van der Waals surface area contributed by atoms with E-state index in [0.29, 0.717) is 0 Å². The molecule has 2 N–H and O–H groups in total. The average molecular weight is 285 g/mol. The van der Waals surface area contributed by atoms with Crippen LogP contribution in [0.1, 0.15) is 32.3 Å². The number of rotatable bonds is 6. The average Bonchev–Trinajstić information content (AvgIpc) is 2.40. The number of halogens is 2. The summed E-state index contributed by atoms with van der Waals surface area (Å²) in [5, 5.41) is 11.4. The van der Waals surface area contributed by atoms with Gasteiger partial charge >= 0.3 is 5.97 Å². The van der Waals surface area contributed by atoms with E-state index < -0.39 is 29.0 Å². The molecule has 0 aromatic heterocycles. The maximum atomic E-state index is 13.4. The molecule has 1 aromatic carbocycles. The van der Waals surface area contributed by atoms with Crippen LogP contribution >= 0.6 is 0 Å². The summed E-state index contributed by atoms with van der Waals surface area (Å²) in [6, 6.07) is 3.75. The van der Waals surface area contributed by atoms with Gasteiger partial charge in [-0.2, -0.15) is 0 Å². The van der Waals surface area contributed by atoms with Gasteiger partial charge in [-0.1, -0.05) is 19.1 Å². The zero-order valence-electron chi connectivity index (χ0n) is 11.4. The number of carboxylic acids is 1. The second-order valence-electron chi connectivity index (χ2n) is 4.75. The maximum Gasteiger partial charge on any atom is 0.329 e. The fraction of sp³-hybridized carbons (Fsp3) is 0.429. The summed E-state index contributed by atoms with van der Waals surface area (Å²) in [7, 11) is 0. The molecule has 0 radical (unpaired) electrons. The number of aryl methyl sites for hydroxylation is 1. The lowest BCUT2D eigenvalue weighted by Gasteiger charge is -2.24. The lowest BCUT2D eigenvalue weighted by molar-refractivity contribution is -0.147. The number of carbonyl (C=O) groups excluding carboxylic acids is 1. The van der Waals surface area contributed by atoms with Gasteiger partial charge in [0.05, 0.1) is 0 Å². The Morgan fingerprint density at radius 1 is 1.35 bits per heavy atom. The third-order valence-corrected chi connectivity index (χ3v) is 3.25. The van der Waals surface area contributed by atoms with Crippen LogP contribution in [-0.4, -0.2) is 22.5 Å². The van der Waals surface area contributed by atoms with Crippen molar-refractivity contribution in [1.82, 2.24) is 5.32 Å². The van der Waals surface area contributed by atoms with Crippen LogP contribution in [0.5, 0.6) is 0 Å². The molecule has 0 heterocycles. The third kappa shape index (κ3) is 3.76. The lowest BCUT2D eigenvalue weighted by Crippen LogP contribution is -2.51. The quantitative estimate of drug-likeness (QED) is 0.842. The zero-order valence-corrected chi connectivity index (χ0v) is 11.4. The van der Waals surface area contributed by atoms with Crippen LogP contribution in [0, 0.1) is 11.6 Å². The van der Waals surface area contributed by atoms with E-state index in [2.05, 4.69) is 5.32 Å². The van der Waals surface area contributed by atoms with E-state index in [9.17, 15) is 18.4 Å². The second-order valence-corrected chi connectivity index (χ2v) is 4.75. The standard InChI is InChI=1S/C14H17F2NO3/c1-3-14(2,13(19)20)17-11(18)8-7-9-5-4-6-10(15)12(9)16/h4-6H,3,7-8H2,1-2H3,(H,17,18)(H,19,20). The van der Waals surface area contributed by atoms with Gasteiger partial charge in [-0.05, 0) is 31.4 Å². The van der Waals surface area contributed by atoms with Gasteiger partial charge in [0.2, 0.25) is 5.91 Å². The molecule has 0 saturated heterocycles. The number of nitrogens with one attached hydrogen (secondary N) is 1. The Labute approximate surface area is 115 Å². The predicted octanol–water partition coefficient (Wildman–Crippen LogP) is 2.27. The first-order valence-corrected chi connectivity index (χ1v) is 6.27. The van der Waals surface area contributed by atoms with Crippen molar-refractivity contribution in [3.8, 4) is 0 Å². The molecule has 6 heteroatoms. The van der Waals surface area contributed by atoms with E-state index in [4.69, 9.17) is 5.11 Å². The van der Waals surface area contributed by atoms with Crippen LogP contribution in [0.15, 0.2) is 18.2 Å². The summed E-state index contributed by atoms with van der Waals surface area (Å²) in [6.45, 7) is 3.04. The van der Waals surface area contributed by atoms with Gasteiger partial charge in [-0.3, -0.25) is 4.79 Å². The molecule has 110 valence electrons. The number of benzene rings is 1. The van der Waals surface area contributed by atoms with E-state index in [0.717, 1.165) is 6.07 Å². The fourth-order valence-electron chi connectivity index (χ4n) is 1.65.